The van der Waals surface area contributed by atoms with Crippen LogP contribution in [0.2, 0.25) is 0 Å². The van der Waals surface area contributed by atoms with E-state index in [-0.39, 0.29) is 17.7 Å². The lowest BCUT2D eigenvalue weighted by Gasteiger charge is -2.17. The Morgan fingerprint density at radius 3 is 2.59 bits per heavy atom. The first-order chi connectivity index (χ1) is 18.1. The summed E-state index contributed by atoms with van der Waals surface area (Å²) in [5, 5.41) is 3.87. The number of nitrogens with one attached hydrogen (secondary N) is 1. The van der Waals surface area contributed by atoms with Crippen molar-refractivity contribution in [3.8, 4) is 11.1 Å². The molecule has 2 fully saturated rings. The Balaban J connectivity index is 1.25. The molecule has 3 heterocycles. The van der Waals surface area contributed by atoms with Crippen LogP contribution in [-0.4, -0.2) is 44.8 Å². The lowest BCUT2D eigenvalue weighted by atomic mass is 9.91. The van der Waals surface area contributed by atoms with Crippen molar-refractivity contribution in [3.63, 3.8) is 0 Å². The topological polar surface area (TPSA) is 88.1 Å². The number of aromatic nitrogens is 3. The molecular formula is C30H27N5O2. The van der Waals surface area contributed by atoms with Crippen LogP contribution < -0.4 is 5.32 Å². The van der Waals surface area contributed by atoms with E-state index in [4.69, 9.17) is 0 Å². The molecule has 7 nitrogen and oxygen atoms in total. The molecule has 1 saturated carbocycles. The summed E-state index contributed by atoms with van der Waals surface area (Å²) in [7, 11) is 0. The fraction of sp³-hybridized carbons (Fsp3) is 0.233. The minimum atomic E-state index is -0.183. The standard InChI is InChI=1S/C30H27N5O2/c1-2-28(36)35-12-10-23(17-35)26-14-24(13-25-16-31-18-33-29(25)26)20-5-7-21(8-6-20)30(37)34-27-15-22(9-11-32-27)19-3-4-19/h2,5-9,11,13-16,18-19,23H,1,3-4,10,12,17H2,(H,32,34,37). The van der Waals surface area contributed by atoms with Gasteiger partial charge >= 0.3 is 0 Å². The Hall–Kier alpha value is -4.39. The van der Waals surface area contributed by atoms with Crippen molar-refractivity contribution in [3.05, 3.63) is 96.6 Å². The average Bonchev–Trinajstić information content (AvgIpc) is 3.68. The van der Waals surface area contributed by atoms with E-state index in [0.29, 0.717) is 30.4 Å². The molecule has 1 aliphatic heterocycles. The zero-order valence-corrected chi connectivity index (χ0v) is 20.4. The Morgan fingerprint density at radius 2 is 1.81 bits per heavy atom. The van der Waals surface area contributed by atoms with Gasteiger partial charge in [0.1, 0.15) is 12.1 Å². The van der Waals surface area contributed by atoms with E-state index in [1.807, 2.05) is 47.5 Å². The van der Waals surface area contributed by atoms with E-state index in [0.717, 1.165) is 34.0 Å². The van der Waals surface area contributed by atoms with Crippen LogP contribution in [-0.2, 0) is 4.79 Å². The number of carbonyl (C=O) groups excluding carboxylic acids is 2. The van der Waals surface area contributed by atoms with Gasteiger partial charge in [0, 0.05) is 42.4 Å². The summed E-state index contributed by atoms with van der Waals surface area (Å²) in [4.78, 5) is 39.9. The molecule has 1 atom stereocenters. The van der Waals surface area contributed by atoms with Gasteiger partial charge in [-0.1, -0.05) is 18.7 Å². The van der Waals surface area contributed by atoms with Gasteiger partial charge in [-0.3, -0.25) is 9.59 Å². The Labute approximate surface area is 215 Å². The van der Waals surface area contributed by atoms with Gasteiger partial charge in [0.15, 0.2) is 0 Å². The predicted octanol–water partition coefficient (Wildman–Crippen LogP) is 5.32. The second-order valence-corrected chi connectivity index (χ2v) is 9.78. The summed E-state index contributed by atoms with van der Waals surface area (Å²) < 4.78 is 0. The minimum absolute atomic E-state index is 0.0408. The SMILES string of the molecule is C=CC(=O)N1CCC(c2cc(-c3ccc(C(=O)Nc4cc(C5CC5)ccn4)cc3)cc3cncnc23)C1. The smallest absolute Gasteiger partial charge is 0.256 e. The number of fused-ring (bicyclic) bond motifs is 1. The molecule has 0 spiro atoms. The largest absolute Gasteiger partial charge is 0.339 e. The summed E-state index contributed by atoms with van der Waals surface area (Å²) in [6, 6.07) is 15.8. The second kappa shape index (κ2) is 9.58. The van der Waals surface area contributed by atoms with Crippen molar-refractivity contribution in [2.24, 2.45) is 0 Å². The number of nitrogens with zero attached hydrogens (tertiary/aromatic N) is 4. The highest BCUT2D eigenvalue weighted by Crippen LogP contribution is 2.40. The summed E-state index contributed by atoms with van der Waals surface area (Å²) in [5.74, 6) is 1.15. The first-order valence-electron chi connectivity index (χ1n) is 12.6. The highest BCUT2D eigenvalue weighted by Gasteiger charge is 2.28. The lowest BCUT2D eigenvalue weighted by molar-refractivity contribution is -0.125. The Bertz CT molecular complexity index is 1510. The van der Waals surface area contributed by atoms with E-state index in [1.54, 1.807) is 12.5 Å². The van der Waals surface area contributed by atoms with Gasteiger partial charge in [-0.05, 0) is 89.9 Å². The molecular weight excluding hydrogens is 462 g/mol. The molecule has 1 unspecified atom stereocenters. The summed E-state index contributed by atoms with van der Waals surface area (Å²) in [6.07, 6.45) is 9.79. The molecule has 1 aliphatic carbocycles. The summed E-state index contributed by atoms with van der Waals surface area (Å²) in [5.41, 5.74) is 5.84. The molecule has 2 aromatic carbocycles. The predicted molar refractivity (Wildman–Crippen MR) is 143 cm³/mol. The quantitative estimate of drug-likeness (QED) is 0.370. The maximum atomic E-state index is 12.9. The van der Waals surface area contributed by atoms with Crippen LogP contribution in [0.1, 0.15) is 52.6 Å². The zero-order chi connectivity index (χ0) is 25.4. The molecule has 1 N–H and O–H groups in total. The minimum Gasteiger partial charge on any atom is -0.339 e. The number of rotatable bonds is 6. The third kappa shape index (κ3) is 4.72. The molecule has 6 rings (SSSR count). The number of hydrogen-bond acceptors (Lipinski definition) is 5. The first-order valence-corrected chi connectivity index (χ1v) is 12.6. The fourth-order valence-corrected chi connectivity index (χ4v) is 5.14. The highest BCUT2D eigenvalue weighted by atomic mass is 16.2. The van der Waals surface area contributed by atoms with Gasteiger partial charge in [-0.25, -0.2) is 15.0 Å². The van der Waals surface area contributed by atoms with Gasteiger partial charge in [-0.2, -0.15) is 0 Å². The molecule has 2 aliphatic rings. The average molecular weight is 490 g/mol. The lowest BCUT2D eigenvalue weighted by Crippen LogP contribution is -2.26. The van der Waals surface area contributed by atoms with Crippen molar-refractivity contribution in [1.29, 1.82) is 0 Å². The Kier molecular flexibility index (Phi) is 5.96. The molecule has 4 aromatic rings. The molecule has 184 valence electrons. The van der Waals surface area contributed by atoms with Crippen LogP contribution in [0, 0.1) is 0 Å². The number of anilines is 1. The van der Waals surface area contributed by atoms with Gasteiger partial charge in [0.05, 0.1) is 5.52 Å². The maximum absolute atomic E-state index is 12.9. The normalized spacial score (nSPS) is 17.1. The van der Waals surface area contributed by atoms with E-state index >= 15 is 0 Å². The summed E-state index contributed by atoms with van der Waals surface area (Å²) >= 11 is 0. The van der Waals surface area contributed by atoms with E-state index in [9.17, 15) is 9.59 Å². The third-order valence-electron chi connectivity index (χ3n) is 7.31. The van der Waals surface area contributed by atoms with Crippen molar-refractivity contribution in [1.82, 2.24) is 19.9 Å². The van der Waals surface area contributed by atoms with E-state index in [1.165, 1.54) is 24.5 Å². The van der Waals surface area contributed by atoms with Crippen LogP contribution in [0.3, 0.4) is 0 Å². The monoisotopic (exact) mass is 489 g/mol. The maximum Gasteiger partial charge on any atom is 0.256 e. The number of hydrogen-bond donors (Lipinski definition) is 1. The molecule has 37 heavy (non-hydrogen) atoms. The van der Waals surface area contributed by atoms with Crippen molar-refractivity contribution < 1.29 is 9.59 Å². The molecule has 2 aromatic heterocycles. The van der Waals surface area contributed by atoms with Crippen LogP contribution in [0.25, 0.3) is 22.0 Å². The van der Waals surface area contributed by atoms with Crippen molar-refractivity contribution in [2.45, 2.75) is 31.1 Å². The molecule has 0 bridgehead atoms. The number of carbonyl (C=O) groups is 2. The van der Waals surface area contributed by atoms with Crippen LogP contribution >= 0.6 is 0 Å². The van der Waals surface area contributed by atoms with Crippen LogP contribution in [0.15, 0.2) is 79.9 Å². The number of pyridine rings is 1. The van der Waals surface area contributed by atoms with Crippen LogP contribution in [0.5, 0.6) is 0 Å². The van der Waals surface area contributed by atoms with Crippen LogP contribution in [0.4, 0.5) is 5.82 Å². The Morgan fingerprint density at radius 1 is 0.973 bits per heavy atom. The van der Waals surface area contributed by atoms with Crippen molar-refractivity contribution in [2.75, 3.05) is 18.4 Å². The first kappa shape index (κ1) is 23.0. The molecule has 1 saturated heterocycles. The van der Waals surface area contributed by atoms with E-state index in [2.05, 4.69) is 39.0 Å². The van der Waals surface area contributed by atoms with Gasteiger partial charge in [0.25, 0.3) is 5.91 Å². The van der Waals surface area contributed by atoms with Gasteiger partial charge < -0.3 is 10.2 Å². The number of amides is 2. The summed E-state index contributed by atoms with van der Waals surface area (Å²) in [6.45, 7) is 4.96. The molecule has 2 amide bonds. The van der Waals surface area contributed by atoms with E-state index < -0.39 is 0 Å². The second-order valence-electron chi connectivity index (χ2n) is 9.78. The molecule has 0 radical (unpaired) electrons. The fourth-order valence-electron chi connectivity index (χ4n) is 5.14. The van der Waals surface area contributed by atoms with Gasteiger partial charge in [-0.15, -0.1) is 0 Å². The molecule has 7 heteroatoms. The van der Waals surface area contributed by atoms with Crippen molar-refractivity contribution >= 4 is 28.5 Å². The zero-order valence-electron chi connectivity index (χ0n) is 20.4. The third-order valence-corrected chi connectivity index (χ3v) is 7.31. The number of benzene rings is 2. The van der Waals surface area contributed by atoms with Gasteiger partial charge in [0.2, 0.25) is 5.91 Å². The highest BCUT2D eigenvalue weighted by molar-refractivity contribution is 6.04. The number of likely N-dealkylation sites (tertiary alicyclic amines) is 1.